The van der Waals surface area contributed by atoms with Crippen molar-refractivity contribution in [3.63, 3.8) is 0 Å². The number of carboxylic acid groups (broad SMARTS) is 1. The maximum absolute atomic E-state index is 13.1. The molecule has 32 heavy (non-hydrogen) atoms. The van der Waals surface area contributed by atoms with Crippen molar-refractivity contribution in [2.45, 2.75) is 31.7 Å². The molecule has 3 atom stereocenters. The van der Waals surface area contributed by atoms with Crippen molar-refractivity contribution >= 4 is 28.5 Å². The van der Waals surface area contributed by atoms with Crippen LogP contribution in [0.15, 0.2) is 70.4 Å². The van der Waals surface area contributed by atoms with Gasteiger partial charge in [-0.2, -0.15) is 0 Å². The molecule has 1 fully saturated rings. The van der Waals surface area contributed by atoms with Gasteiger partial charge in [-0.1, -0.05) is 29.8 Å². The second-order valence-electron chi connectivity index (χ2n) is 7.57. The lowest BCUT2D eigenvalue weighted by Gasteiger charge is -2.36. The van der Waals surface area contributed by atoms with Gasteiger partial charge in [0.15, 0.2) is 6.29 Å². The highest BCUT2D eigenvalue weighted by molar-refractivity contribution is 6.31. The highest BCUT2D eigenvalue weighted by Gasteiger charge is 2.35. The van der Waals surface area contributed by atoms with E-state index in [1.165, 1.54) is 6.26 Å². The molecule has 1 aromatic carbocycles. The van der Waals surface area contributed by atoms with Crippen LogP contribution in [0.3, 0.4) is 0 Å². The molecular weight excluding hydrogens is 434 g/mol. The number of pyridine rings is 1. The Morgan fingerprint density at radius 1 is 1.28 bits per heavy atom. The quantitative estimate of drug-likeness (QED) is 0.497. The average Bonchev–Trinajstić information content (AvgIpc) is 2.80. The van der Waals surface area contributed by atoms with Crippen LogP contribution in [0.4, 0.5) is 0 Å². The zero-order valence-electron chi connectivity index (χ0n) is 17.1. The van der Waals surface area contributed by atoms with Gasteiger partial charge >= 0.3 is 5.97 Å². The fourth-order valence-electron chi connectivity index (χ4n) is 3.71. The van der Waals surface area contributed by atoms with E-state index < -0.39 is 12.3 Å². The Morgan fingerprint density at radius 3 is 2.94 bits per heavy atom. The van der Waals surface area contributed by atoms with E-state index >= 15 is 0 Å². The number of carboxylic acids is 1. The molecule has 3 heterocycles. The van der Waals surface area contributed by atoms with Crippen LogP contribution in [-0.2, 0) is 14.3 Å². The summed E-state index contributed by atoms with van der Waals surface area (Å²) in [5, 5.41) is 9.58. The van der Waals surface area contributed by atoms with Crippen LogP contribution in [0.25, 0.3) is 11.0 Å². The molecule has 0 spiro atoms. The van der Waals surface area contributed by atoms with Crippen molar-refractivity contribution in [2.75, 3.05) is 6.61 Å². The normalized spacial score (nSPS) is 21.2. The van der Waals surface area contributed by atoms with E-state index in [0.717, 1.165) is 5.56 Å². The lowest BCUT2D eigenvalue weighted by molar-refractivity contribution is -0.244. The van der Waals surface area contributed by atoms with Crippen LogP contribution in [0.1, 0.15) is 42.8 Å². The van der Waals surface area contributed by atoms with Gasteiger partial charge in [0.05, 0.1) is 23.7 Å². The standard InChI is InChI=1S/C24H22ClNO6/c25-17-8-9-20-18(11-17)22(29)19(14-30-20)24-31-13-16(5-2-1-3-7-21(27)28)23(32-24)15-6-4-10-26-12-15/h1-2,4,6,8-12,14,16,23-24H,3,5,7,13H2,(H,27,28)/b2-1-. The van der Waals surface area contributed by atoms with Crippen molar-refractivity contribution in [1.29, 1.82) is 0 Å². The molecule has 1 saturated heterocycles. The summed E-state index contributed by atoms with van der Waals surface area (Å²) >= 11 is 6.05. The highest BCUT2D eigenvalue weighted by atomic mass is 35.5. The Balaban J connectivity index is 1.57. The summed E-state index contributed by atoms with van der Waals surface area (Å²) in [4.78, 5) is 27.9. The van der Waals surface area contributed by atoms with Gasteiger partial charge in [-0.3, -0.25) is 14.6 Å². The second kappa shape index (κ2) is 10.1. The Hall–Kier alpha value is -3.00. The topological polar surface area (TPSA) is 98.9 Å². The van der Waals surface area contributed by atoms with E-state index in [1.54, 1.807) is 30.6 Å². The third kappa shape index (κ3) is 5.07. The van der Waals surface area contributed by atoms with Crippen LogP contribution in [0, 0.1) is 5.92 Å². The van der Waals surface area contributed by atoms with Crippen molar-refractivity contribution in [2.24, 2.45) is 5.92 Å². The van der Waals surface area contributed by atoms with Crippen LogP contribution >= 0.6 is 11.6 Å². The van der Waals surface area contributed by atoms with Gasteiger partial charge in [0.2, 0.25) is 5.43 Å². The number of rotatable bonds is 7. The first-order chi connectivity index (χ1) is 15.5. The molecule has 4 rings (SSSR count). The molecule has 3 aromatic rings. The van der Waals surface area contributed by atoms with Crippen molar-refractivity contribution < 1.29 is 23.8 Å². The predicted molar refractivity (Wildman–Crippen MR) is 118 cm³/mol. The molecule has 2 aromatic heterocycles. The first-order valence-electron chi connectivity index (χ1n) is 10.3. The Kier molecular flexibility index (Phi) is 6.99. The van der Waals surface area contributed by atoms with Gasteiger partial charge in [-0.15, -0.1) is 0 Å². The number of hydrogen-bond donors (Lipinski definition) is 1. The van der Waals surface area contributed by atoms with Gasteiger partial charge in [0.1, 0.15) is 11.8 Å². The Labute approximate surface area is 189 Å². The minimum Gasteiger partial charge on any atom is -0.481 e. The number of benzene rings is 1. The van der Waals surface area contributed by atoms with Gasteiger partial charge in [0.25, 0.3) is 0 Å². The molecule has 0 aliphatic carbocycles. The largest absolute Gasteiger partial charge is 0.481 e. The summed E-state index contributed by atoms with van der Waals surface area (Å²) in [6.07, 6.45) is 8.50. The molecular formula is C24H22ClNO6. The van der Waals surface area contributed by atoms with Crippen LogP contribution in [-0.4, -0.2) is 22.7 Å². The van der Waals surface area contributed by atoms with E-state index in [9.17, 15) is 9.59 Å². The lowest BCUT2D eigenvalue weighted by Crippen LogP contribution is -2.32. The Morgan fingerprint density at radius 2 is 2.16 bits per heavy atom. The molecule has 0 bridgehead atoms. The molecule has 1 aliphatic heterocycles. The van der Waals surface area contributed by atoms with Gasteiger partial charge < -0.3 is 19.0 Å². The molecule has 1 aliphatic rings. The van der Waals surface area contributed by atoms with Gasteiger partial charge in [-0.05, 0) is 42.7 Å². The summed E-state index contributed by atoms with van der Waals surface area (Å²) in [7, 11) is 0. The predicted octanol–water partition coefficient (Wildman–Crippen LogP) is 5.06. The summed E-state index contributed by atoms with van der Waals surface area (Å²) in [5.41, 5.74) is 1.32. The SMILES string of the molecule is O=C(O)CC/C=C\CC1COC(c2coc3ccc(Cl)cc3c2=O)OC1c1cccnc1. The molecule has 7 nitrogen and oxygen atoms in total. The number of nitrogens with zero attached hydrogens (tertiary/aromatic N) is 1. The van der Waals surface area contributed by atoms with E-state index in [4.69, 9.17) is 30.6 Å². The monoisotopic (exact) mass is 455 g/mol. The maximum Gasteiger partial charge on any atom is 0.303 e. The summed E-state index contributed by atoms with van der Waals surface area (Å²) < 4.78 is 17.8. The van der Waals surface area contributed by atoms with Crippen molar-refractivity contribution in [3.05, 3.63) is 87.5 Å². The van der Waals surface area contributed by atoms with Crippen molar-refractivity contribution in [1.82, 2.24) is 4.98 Å². The minimum absolute atomic E-state index is 0.0292. The van der Waals surface area contributed by atoms with E-state index in [-0.39, 0.29) is 29.4 Å². The fraction of sp³-hybridized carbons (Fsp3) is 0.292. The number of allylic oxidation sites excluding steroid dienone is 2. The van der Waals surface area contributed by atoms with E-state index in [2.05, 4.69) is 4.98 Å². The first-order valence-corrected chi connectivity index (χ1v) is 10.7. The summed E-state index contributed by atoms with van der Waals surface area (Å²) in [6, 6.07) is 8.63. The maximum atomic E-state index is 13.1. The Bertz CT molecular complexity index is 1180. The second-order valence-corrected chi connectivity index (χ2v) is 8.00. The van der Waals surface area contributed by atoms with Crippen LogP contribution in [0.2, 0.25) is 5.02 Å². The molecule has 1 N–H and O–H groups in total. The average molecular weight is 456 g/mol. The molecule has 0 amide bonds. The third-order valence-electron chi connectivity index (χ3n) is 5.32. The molecule has 8 heteroatoms. The number of aromatic nitrogens is 1. The molecule has 3 unspecified atom stereocenters. The fourth-order valence-corrected chi connectivity index (χ4v) is 3.88. The minimum atomic E-state index is -0.896. The number of ether oxygens (including phenoxy) is 2. The first kappa shape index (κ1) is 22.2. The van der Waals surface area contributed by atoms with Crippen LogP contribution in [0.5, 0.6) is 0 Å². The molecule has 0 radical (unpaired) electrons. The van der Waals surface area contributed by atoms with E-state index in [1.807, 2.05) is 24.3 Å². The lowest BCUT2D eigenvalue weighted by atomic mass is 9.92. The van der Waals surface area contributed by atoms with E-state index in [0.29, 0.717) is 35.4 Å². The molecule has 0 saturated carbocycles. The highest BCUT2D eigenvalue weighted by Crippen LogP contribution is 2.39. The number of carbonyl (C=O) groups is 1. The number of aliphatic carboxylic acids is 1. The zero-order valence-corrected chi connectivity index (χ0v) is 17.9. The smallest absolute Gasteiger partial charge is 0.303 e. The summed E-state index contributed by atoms with van der Waals surface area (Å²) in [5.74, 6) is -0.857. The number of halogens is 1. The number of hydrogen-bond acceptors (Lipinski definition) is 6. The van der Waals surface area contributed by atoms with Crippen molar-refractivity contribution in [3.8, 4) is 0 Å². The molecule has 166 valence electrons. The number of fused-ring (bicyclic) bond motifs is 1. The zero-order chi connectivity index (χ0) is 22.5. The van der Waals surface area contributed by atoms with Gasteiger partial charge in [0, 0.05) is 29.8 Å². The van der Waals surface area contributed by atoms with Crippen LogP contribution < -0.4 is 5.43 Å². The summed E-state index contributed by atoms with van der Waals surface area (Å²) in [6.45, 7) is 0.348. The van der Waals surface area contributed by atoms with Gasteiger partial charge in [-0.25, -0.2) is 0 Å². The third-order valence-corrected chi connectivity index (χ3v) is 5.55.